The number of hydrogen-bond donors (Lipinski definition) is 2. The summed E-state index contributed by atoms with van der Waals surface area (Å²) in [6.45, 7) is 0. The van der Waals surface area contributed by atoms with Crippen LogP contribution in [0.3, 0.4) is 0 Å². The van der Waals surface area contributed by atoms with Crippen molar-refractivity contribution in [2.45, 2.75) is 0 Å². The molecule has 2 aromatic carbocycles. The van der Waals surface area contributed by atoms with E-state index in [1.807, 2.05) is 24.3 Å². The molecule has 1 aliphatic rings. The first-order chi connectivity index (χ1) is 13.4. The largest absolute Gasteiger partial charge is 0.493 e. The lowest BCUT2D eigenvalue weighted by Crippen LogP contribution is -2.19. The van der Waals surface area contributed by atoms with Gasteiger partial charge in [0.1, 0.15) is 5.56 Å². The molecule has 1 amide bonds. The average Bonchev–Trinajstić information content (AvgIpc) is 3.01. The quantitative estimate of drug-likeness (QED) is 0.650. The highest BCUT2D eigenvalue weighted by atomic mass is 79.9. The SMILES string of the molecule is COc1ccc(/C=C2/SC(=Nc3ccccc3Br)NC2=O)c(C(=O)O)c1OC. The molecule has 9 heteroatoms. The van der Waals surface area contributed by atoms with Gasteiger partial charge in [-0.1, -0.05) is 18.2 Å². The number of carboxylic acid groups (broad SMARTS) is 1. The molecule has 2 N–H and O–H groups in total. The number of amides is 1. The van der Waals surface area contributed by atoms with E-state index in [1.165, 1.54) is 20.3 Å². The van der Waals surface area contributed by atoms with Crippen LogP contribution in [0.4, 0.5) is 5.69 Å². The third kappa shape index (κ3) is 4.05. The Kier molecular flexibility index (Phi) is 6.05. The van der Waals surface area contributed by atoms with Crippen LogP contribution < -0.4 is 14.8 Å². The number of aromatic carboxylic acids is 1. The van der Waals surface area contributed by atoms with Gasteiger partial charge in [0.05, 0.1) is 24.8 Å². The first kappa shape index (κ1) is 20.0. The number of ether oxygens (including phenoxy) is 2. The number of rotatable bonds is 5. The Balaban J connectivity index is 1.99. The summed E-state index contributed by atoms with van der Waals surface area (Å²) < 4.78 is 11.1. The number of para-hydroxylation sites is 1. The molecule has 144 valence electrons. The standard InChI is InChI=1S/C19H15BrN2O5S/c1-26-13-8-7-10(15(18(24)25)16(13)27-2)9-14-17(23)22-19(28-14)21-12-6-4-3-5-11(12)20/h3-9H,1-2H3,(H,24,25)(H,21,22,23)/b14-9+. The fourth-order valence-electron chi connectivity index (χ4n) is 2.56. The highest BCUT2D eigenvalue weighted by Gasteiger charge is 2.26. The molecule has 1 aliphatic heterocycles. The number of benzene rings is 2. The molecule has 7 nitrogen and oxygen atoms in total. The summed E-state index contributed by atoms with van der Waals surface area (Å²) in [5.41, 5.74) is 0.910. The number of carbonyl (C=O) groups is 2. The number of carbonyl (C=O) groups excluding carboxylic acids is 1. The van der Waals surface area contributed by atoms with Crippen molar-refractivity contribution in [3.63, 3.8) is 0 Å². The summed E-state index contributed by atoms with van der Waals surface area (Å²) in [6.07, 6.45) is 1.49. The van der Waals surface area contributed by atoms with Crippen LogP contribution in [0.1, 0.15) is 15.9 Å². The van der Waals surface area contributed by atoms with Crippen molar-refractivity contribution in [1.29, 1.82) is 0 Å². The first-order valence-corrected chi connectivity index (χ1v) is 9.58. The van der Waals surface area contributed by atoms with Crippen molar-refractivity contribution in [2.24, 2.45) is 4.99 Å². The van der Waals surface area contributed by atoms with Crippen molar-refractivity contribution < 1.29 is 24.2 Å². The van der Waals surface area contributed by atoms with E-state index in [4.69, 9.17) is 9.47 Å². The maximum atomic E-state index is 12.3. The summed E-state index contributed by atoms with van der Waals surface area (Å²) in [5.74, 6) is -1.16. The van der Waals surface area contributed by atoms with Crippen LogP contribution >= 0.6 is 27.7 Å². The maximum Gasteiger partial charge on any atom is 0.340 e. The van der Waals surface area contributed by atoms with E-state index in [0.717, 1.165) is 16.2 Å². The molecule has 0 aliphatic carbocycles. The molecule has 0 radical (unpaired) electrons. The molecule has 0 unspecified atom stereocenters. The lowest BCUT2D eigenvalue weighted by molar-refractivity contribution is -0.115. The molecule has 3 rings (SSSR count). The van der Waals surface area contributed by atoms with Gasteiger partial charge in [0, 0.05) is 4.47 Å². The Morgan fingerprint density at radius 1 is 1.21 bits per heavy atom. The van der Waals surface area contributed by atoms with Crippen LogP contribution in [-0.4, -0.2) is 36.4 Å². The second-order valence-electron chi connectivity index (χ2n) is 5.50. The van der Waals surface area contributed by atoms with Crippen LogP contribution in [0, 0.1) is 0 Å². The number of carboxylic acids is 1. The van der Waals surface area contributed by atoms with Crippen LogP contribution in [0.25, 0.3) is 6.08 Å². The summed E-state index contributed by atoms with van der Waals surface area (Å²) in [7, 11) is 2.78. The Morgan fingerprint density at radius 2 is 1.96 bits per heavy atom. The van der Waals surface area contributed by atoms with E-state index in [9.17, 15) is 14.7 Å². The molecule has 2 aromatic rings. The molecule has 1 fully saturated rings. The van der Waals surface area contributed by atoms with E-state index in [0.29, 0.717) is 27.1 Å². The zero-order valence-electron chi connectivity index (χ0n) is 14.9. The zero-order valence-corrected chi connectivity index (χ0v) is 17.3. The zero-order chi connectivity index (χ0) is 20.3. The van der Waals surface area contributed by atoms with Crippen LogP contribution in [0.2, 0.25) is 0 Å². The fourth-order valence-corrected chi connectivity index (χ4v) is 3.76. The van der Waals surface area contributed by atoms with Crippen molar-refractivity contribution in [3.8, 4) is 11.5 Å². The number of halogens is 1. The molecule has 0 bridgehead atoms. The van der Waals surface area contributed by atoms with Gasteiger partial charge in [-0.05, 0) is 57.5 Å². The predicted octanol–water partition coefficient (Wildman–Crippen LogP) is 4.06. The van der Waals surface area contributed by atoms with Gasteiger partial charge in [0.2, 0.25) is 0 Å². The summed E-state index contributed by atoms with van der Waals surface area (Å²) >= 11 is 4.53. The van der Waals surface area contributed by atoms with Crippen molar-refractivity contribution in [2.75, 3.05) is 14.2 Å². The molecule has 0 spiro atoms. The van der Waals surface area contributed by atoms with Gasteiger partial charge in [-0.25, -0.2) is 9.79 Å². The monoisotopic (exact) mass is 462 g/mol. The number of amidine groups is 1. The number of thioether (sulfide) groups is 1. The van der Waals surface area contributed by atoms with E-state index in [-0.39, 0.29) is 17.2 Å². The second kappa shape index (κ2) is 8.49. The molecule has 1 heterocycles. The Hall–Kier alpha value is -2.78. The van der Waals surface area contributed by atoms with Gasteiger partial charge in [-0.15, -0.1) is 0 Å². The minimum atomic E-state index is -1.19. The molecule has 0 atom stereocenters. The van der Waals surface area contributed by atoms with E-state index >= 15 is 0 Å². The fraction of sp³-hybridized carbons (Fsp3) is 0.105. The number of aliphatic imine (C=N–C) groups is 1. The number of nitrogens with one attached hydrogen (secondary N) is 1. The Morgan fingerprint density at radius 3 is 2.61 bits per heavy atom. The van der Waals surface area contributed by atoms with Gasteiger partial charge in [0.25, 0.3) is 5.91 Å². The highest BCUT2D eigenvalue weighted by Crippen LogP contribution is 2.36. The van der Waals surface area contributed by atoms with E-state index in [2.05, 4.69) is 26.2 Å². The minimum absolute atomic E-state index is 0.0843. The molecule has 28 heavy (non-hydrogen) atoms. The Bertz CT molecular complexity index is 1020. The summed E-state index contributed by atoms with van der Waals surface area (Å²) in [6, 6.07) is 10.5. The van der Waals surface area contributed by atoms with Crippen LogP contribution in [0.15, 0.2) is 50.8 Å². The number of methoxy groups -OCH3 is 2. The Labute approximate surface area is 173 Å². The van der Waals surface area contributed by atoms with Crippen molar-refractivity contribution in [3.05, 3.63) is 56.9 Å². The normalized spacial score (nSPS) is 16.3. The smallest absolute Gasteiger partial charge is 0.340 e. The van der Waals surface area contributed by atoms with Gasteiger partial charge < -0.3 is 19.9 Å². The van der Waals surface area contributed by atoms with Gasteiger partial charge in [-0.3, -0.25) is 4.79 Å². The van der Waals surface area contributed by atoms with Crippen molar-refractivity contribution in [1.82, 2.24) is 5.32 Å². The number of nitrogens with zero attached hydrogens (tertiary/aromatic N) is 1. The molecule has 1 saturated heterocycles. The van der Waals surface area contributed by atoms with Gasteiger partial charge in [0.15, 0.2) is 16.7 Å². The number of hydrogen-bond acceptors (Lipinski definition) is 6. The van der Waals surface area contributed by atoms with Crippen LogP contribution in [-0.2, 0) is 4.79 Å². The lowest BCUT2D eigenvalue weighted by atomic mass is 10.0. The third-order valence-corrected chi connectivity index (χ3v) is 5.38. The highest BCUT2D eigenvalue weighted by molar-refractivity contribution is 9.10. The van der Waals surface area contributed by atoms with Crippen molar-refractivity contribution >= 4 is 56.5 Å². The maximum absolute atomic E-state index is 12.3. The molecule has 0 saturated carbocycles. The molecular weight excluding hydrogens is 448 g/mol. The van der Waals surface area contributed by atoms with Gasteiger partial charge in [-0.2, -0.15) is 0 Å². The van der Waals surface area contributed by atoms with Gasteiger partial charge >= 0.3 is 5.97 Å². The lowest BCUT2D eigenvalue weighted by Gasteiger charge is -2.12. The third-order valence-electron chi connectivity index (χ3n) is 3.80. The minimum Gasteiger partial charge on any atom is -0.493 e. The van der Waals surface area contributed by atoms with E-state index < -0.39 is 5.97 Å². The second-order valence-corrected chi connectivity index (χ2v) is 7.39. The average molecular weight is 463 g/mol. The predicted molar refractivity (Wildman–Crippen MR) is 111 cm³/mol. The first-order valence-electron chi connectivity index (χ1n) is 7.97. The molecular formula is C19H15BrN2O5S. The summed E-state index contributed by atoms with van der Waals surface area (Å²) in [5, 5.41) is 12.7. The van der Waals surface area contributed by atoms with E-state index in [1.54, 1.807) is 12.1 Å². The van der Waals surface area contributed by atoms with Crippen LogP contribution in [0.5, 0.6) is 11.5 Å². The summed E-state index contributed by atoms with van der Waals surface area (Å²) in [4.78, 5) is 28.8. The molecule has 0 aromatic heterocycles. The topological polar surface area (TPSA) is 97.2 Å².